The fraction of sp³-hybridized carbons (Fsp3) is 0.182. The molecule has 160 valence electrons. The first kappa shape index (κ1) is 21.1. The smallest absolute Gasteiger partial charge is 0.261 e. The van der Waals surface area contributed by atoms with Crippen molar-refractivity contribution in [3.63, 3.8) is 0 Å². The highest BCUT2D eigenvalue weighted by Gasteiger charge is 2.27. The zero-order valence-corrected chi connectivity index (χ0v) is 18.8. The number of carbonyl (C=O) groups is 1. The molecule has 4 aromatic rings. The number of aromatic nitrogens is 1. The van der Waals surface area contributed by atoms with E-state index in [1.807, 2.05) is 19.1 Å². The quantitative estimate of drug-likeness (QED) is 0.426. The Bertz CT molecular complexity index is 1360. The Morgan fingerprint density at radius 3 is 2.61 bits per heavy atom. The number of aryl methyl sites for hydroxylation is 1. The average molecular weight is 457 g/mol. The minimum absolute atomic E-state index is 0.0284. The summed E-state index contributed by atoms with van der Waals surface area (Å²) in [5, 5.41) is 0.423. The van der Waals surface area contributed by atoms with E-state index in [9.17, 15) is 13.2 Å². The van der Waals surface area contributed by atoms with Gasteiger partial charge in [-0.05, 0) is 42.8 Å². The molecule has 0 aliphatic heterocycles. The van der Waals surface area contributed by atoms with Crippen molar-refractivity contribution in [2.75, 3.05) is 18.3 Å². The summed E-state index contributed by atoms with van der Waals surface area (Å²) in [7, 11) is -2.04. The maximum atomic E-state index is 13.6. The van der Waals surface area contributed by atoms with Crippen molar-refractivity contribution in [1.82, 2.24) is 4.98 Å². The van der Waals surface area contributed by atoms with Crippen LogP contribution >= 0.6 is 11.3 Å². The van der Waals surface area contributed by atoms with Crippen LogP contribution in [0.15, 0.2) is 64.1 Å². The topological polar surface area (TPSA) is 89.7 Å². The summed E-state index contributed by atoms with van der Waals surface area (Å²) in [6.07, 6.45) is 2.61. The molecule has 0 atom stereocenters. The molecule has 2 heterocycles. The summed E-state index contributed by atoms with van der Waals surface area (Å²) < 4.78 is 36.3. The number of hydrogen-bond acceptors (Lipinski definition) is 7. The third-order valence-electron chi connectivity index (χ3n) is 4.80. The number of ether oxygens (including phenoxy) is 1. The average Bonchev–Trinajstić information content (AvgIpc) is 3.41. The number of hydrogen-bond donors (Lipinski definition) is 0. The van der Waals surface area contributed by atoms with Crippen molar-refractivity contribution in [2.45, 2.75) is 18.4 Å². The van der Waals surface area contributed by atoms with Crippen LogP contribution < -0.4 is 9.64 Å². The van der Waals surface area contributed by atoms with Gasteiger partial charge < -0.3 is 9.15 Å². The Morgan fingerprint density at radius 2 is 1.94 bits per heavy atom. The van der Waals surface area contributed by atoms with Crippen LogP contribution in [0.1, 0.15) is 21.7 Å². The van der Waals surface area contributed by atoms with E-state index in [2.05, 4.69) is 4.98 Å². The lowest BCUT2D eigenvalue weighted by Crippen LogP contribution is -2.31. The lowest BCUT2D eigenvalue weighted by atomic mass is 10.2. The molecule has 0 unspecified atom stereocenters. The fourth-order valence-corrected chi connectivity index (χ4v) is 5.21. The van der Waals surface area contributed by atoms with Crippen molar-refractivity contribution >= 4 is 42.4 Å². The molecule has 0 radical (unpaired) electrons. The van der Waals surface area contributed by atoms with Crippen molar-refractivity contribution in [2.24, 2.45) is 0 Å². The molecule has 0 saturated carbocycles. The van der Waals surface area contributed by atoms with Crippen LogP contribution in [-0.4, -0.2) is 32.7 Å². The van der Waals surface area contributed by atoms with Crippen molar-refractivity contribution in [1.29, 1.82) is 0 Å². The summed E-state index contributed by atoms with van der Waals surface area (Å²) in [5.74, 6) is 0.672. The number of benzene rings is 2. The maximum absolute atomic E-state index is 13.6. The molecule has 0 N–H and O–H groups in total. The Hall–Kier alpha value is -3.17. The van der Waals surface area contributed by atoms with Crippen molar-refractivity contribution in [3.05, 3.63) is 71.7 Å². The lowest BCUT2D eigenvalue weighted by molar-refractivity contribution is 0.0980. The molecule has 0 saturated heterocycles. The van der Waals surface area contributed by atoms with E-state index in [0.717, 1.165) is 16.5 Å². The highest BCUT2D eigenvalue weighted by Crippen LogP contribution is 2.37. The molecule has 0 bridgehead atoms. The summed E-state index contributed by atoms with van der Waals surface area (Å²) in [6, 6.07) is 13.4. The molecule has 31 heavy (non-hydrogen) atoms. The van der Waals surface area contributed by atoms with Crippen LogP contribution in [0.4, 0.5) is 5.13 Å². The largest absolute Gasteiger partial charge is 0.494 e. The number of furan rings is 1. The van der Waals surface area contributed by atoms with Gasteiger partial charge in [-0.15, -0.1) is 0 Å². The maximum Gasteiger partial charge on any atom is 0.261 e. The van der Waals surface area contributed by atoms with Crippen molar-refractivity contribution < 1.29 is 22.4 Å². The zero-order chi connectivity index (χ0) is 22.2. The lowest BCUT2D eigenvalue weighted by Gasteiger charge is -2.20. The summed E-state index contributed by atoms with van der Waals surface area (Å²) >= 11 is 1.34. The minimum Gasteiger partial charge on any atom is -0.494 e. The van der Waals surface area contributed by atoms with Crippen LogP contribution in [0.3, 0.4) is 0 Å². The van der Waals surface area contributed by atoms with E-state index >= 15 is 0 Å². The molecular weight excluding hydrogens is 436 g/mol. The number of sulfone groups is 1. The molecule has 0 aliphatic rings. The van der Waals surface area contributed by atoms with Gasteiger partial charge in [0, 0.05) is 6.26 Å². The monoisotopic (exact) mass is 456 g/mol. The van der Waals surface area contributed by atoms with Crippen molar-refractivity contribution in [3.8, 4) is 5.75 Å². The normalized spacial score (nSPS) is 11.6. The van der Waals surface area contributed by atoms with Gasteiger partial charge in [0.05, 0.1) is 35.1 Å². The first-order valence-corrected chi connectivity index (χ1v) is 12.1. The number of amides is 1. The summed E-state index contributed by atoms with van der Waals surface area (Å²) in [4.78, 5) is 19.7. The number of rotatable bonds is 6. The van der Waals surface area contributed by atoms with Crippen LogP contribution in [0.5, 0.6) is 5.75 Å². The van der Waals surface area contributed by atoms with Crippen LogP contribution in [0.25, 0.3) is 10.2 Å². The Morgan fingerprint density at radius 1 is 1.16 bits per heavy atom. The zero-order valence-electron chi connectivity index (χ0n) is 17.2. The number of thiazole rings is 1. The van der Waals surface area contributed by atoms with Gasteiger partial charge in [-0.3, -0.25) is 9.69 Å². The van der Waals surface area contributed by atoms with Gasteiger partial charge in [0.1, 0.15) is 17.0 Å². The van der Waals surface area contributed by atoms with E-state index < -0.39 is 15.7 Å². The molecule has 0 fully saturated rings. The second kappa shape index (κ2) is 8.16. The van der Waals surface area contributed by atoms with Gasteiger partial charge >= 0.3 is 0 Å². The number of methoxy groups -OCH3 is 1. The van der Waals surface area contributed by atoms with Gasteiger partial charge in [-0.2, -0.15) is 0 Å². The molecule has 0 aliphatic carbocycles. The predicted molar refractivity (Wildman–Crippen MR) is 120 cm³/mol. The van der Waals surface area contributed by atoms with E-state index in [0.29, 0.717) is 22.2 Å². The van der Waals surface area contributed by atoms with E-state index in [4.69, 9.17) is 9.15 Å². The van der Waals surface area contributed by atoms with Crippen LogP contribution in [0.2, 0.25) is 0 Å². The first-order valence-electron chi connectivity index (χ1n) is 9.37. The van der Waals surface area contributed by atoms with Crippen LogP contribution in [0, 0.1) is 6.92 Å². The number of nitrogens with zero attached hydrogens (tertiary/aromatic N) is 2. The Labute approximate surface area is 183 Å². The highest BCUT2D eigenvalue weighted by molar-refractivity contribution is 7.90. The SMILES string of the molecule is COc1ccc(C)c2sc(N(Cc3ccco3)C(=O)c3ccccc3S(C)(=O)=O)nc12. The summed E-state index contributed by atoms with van der Waals surface area (Å²) in [5.41, 5.74) is 1.73. The van der Waals surface area contributed by atoms with Gasteiger partial charge in [-0.25, -0.2) is 13.4 Å². The van der Waals surface area contributed by atoms with Crippen LogP contribution in [-0.2, 0) is 16.4 Å². The van der Waals surface area contributed by atoms with E-state index in [1.165, 1.54) is 34.6 Å². The highest BCUT2D eigenvalue weighted by atomic mass is 32.2. The fourth-order valence-electron chi connectivity index (χ4n) is 3.28. The second-order valence-corrected chi connectivity index (χ2v) is 9.96. The predicted octanol–water partition coefficient (Wildman–Crippen LogP) is 4.46. The van der Waals surface area contributed by atoms with Gasteiger partial charge in [0.15, 0.2) is 15.0 Å². The molecule has 7 nitrogen and oxygen atoms in total. The number of carbonyl (C=O) groups excluding carboxylic acids is 1. The third kappa shape index (κ3) is 4.06. The van der Waals surface area contributed by atoms with Gasteiger partial charge in [-0.1, -0.05) is 29.5 Å². The minimum atomic E-state index is -3.61. The molecular formula is C22H20N2O5S2. The Balaban J connectivity index is 1.88. The van der Waals surface area contributed by atoms with Gasteiger partial charge in [0.25, 0.3) is 5.91 Å². The molecule has 4 rings (SSSR count). The van der Waals surface area contributed by atoms with Gasteiger partial charge in [0.2, 0.25) is 0 Å². The molecule has 0 spiro atoms. The number of fused-ring (bicyclic) bond motifs is 1. The third-order valence-corrected chi connectivity index (χ3v) is 7.17. The number of anilines is 1. The molecule has 9 heteroatoms. The first-order chi connectivity index (χ1) is 14.8. The van der Waals surface area contributed by atoms with E-state index in [1.54, 1.807) is 31.4 Å². The summed E-state index contributed by atoms with van der Waals surface area (Å²) in [6.45, 7) is 2.06. The van der Waals surface area contributed by atoms with E-state index in [-0.39, 0.29) is 17.0 Å². The molecule has 2 aromatic carbocycles. The molecule has 2 aromatic heterocycles. The Kier molecular flexibility index (Phi) is 5.55. The standard InChI is InChI=1S/C22H20N2O5S2/c1-14-10-11-17(28-2)19-20(14)30-22(23-19)24(13-15-7-6-12-29-15)21(25)16-8-4-5-9-18(16)31(3,26)27/h4-12H,13H2,1-3H3. The molecule has 1 amide bonds. The second-order valence-electron chi connectivity index (χ2n) is 7.00.